The van der Waals surface area contributed by atoms with Gasteiger partial charge in [-0.25, -0.2) is 4.39 Å². The van der Waals surface area contributed by atoms with Crippen LogP contribution in [0, 0.1) is 11.7 Å². The number of rotatable bonds is 5. The van der Waals surface area contributed by atoms with Gasteiger partial charge in [-0.1, -0.05) is 41.5 Å². The van der Waals surface area contributed by atoms with Gasteiger partial charge in [0.05, 0.1) is 5.69 Å². The van der Waals surface area contributed by atoms with E-state index < -0.39 is 0 Å². The number of hydrogen-bond acceptors (Lipinski definition) is 5. The molecule has 8 heteroatoms. The summed E-state index contributed by atoms with van der Waals surface area (Å²) in [6, 6.07) is 16.2. The highest BCUT2D eigenvalue weighted by Crippen LogP contribution is 2.23. The minimum Gasteiger partial charge on any atom is -0.352 e. The first-order chi connectivity index (χ1) is 13.7. The molecule has 0 spiro atoms. The SMILES string of the molecule is O=C(NCc1ccccc1F)C1CCN(c2nnnn2-c2ccccc2)CC1. The van der Waals surface area contributed by atoms with Crippen LogP contribution in [0.3, 0.4) is 0 Å². The van der Waals surface area contributed by atoms with Crippen molar-refractivity contribution in [1.29, 1.82) is 0 Å². The van der Waals surface area contributed by atoms with Crippen LogP contribution in [0.5, 0.6) is 0 Å². The standard InChI is InChI=1S/C20H21FN6O/c21-18-9-5-4-6-16(18)14-22-19(28)15-10-12-26(13-11-15)20-23-24-25-27(20)17-7-2-1-3-8-17/h1-9,15H,10-14H2,(H,22,28). The second-order valence-corrected chi connectivity index (χ2v) is 6.80. The zero-order valence-electron chi connectivity index (χ0n) is 15.3. The molecule has 3 aromatic rings. The molecule has 2 aromatic carbocycles. The number of nitrogens with zero attached hydrogens (tertiary/aromatic N) is 5. The average Bonchev–Trinajstić information content (AvgIpc) is 3.24. The number of nitrogens with one attached hydrogen (secondary N) is 1. The second-order valence-electron chi connectivity index (χ2n) is 6.80. The Kier molecular flexibility index (Phi) is 5.27. The molecule has 4 rings (SSSR count). The van der Waals surface area contributed by atoms with E-state index in [-0.39, 0.29) is 24.2 Å². The molecule has 1 saturated heterocycles. The summed E-state index contributed by atoms with van der Waals surface area (Å²) in [5.74, 6) is 0.247. The van der Waals surface area contributed by atoms with E-state index in [9.17, 15) is 9.18 Å². The maximum absolute atomic E-state index is 13.7. The molecule has 1 aromatic heterocycles. The maximum atomic E-state index is 13.7. The highest BCUT2D eigenvalue weighted by atomic mass is 19.1. The van der Waals surface area contributed by atoms with Crippen LogP contribution < -0.4 is 10.2 Å². The Labute approximate surface area is 162 Å². The Bertz CT molecular complexity index is 937. The highest BCUT2D eigenvalue weighted by Gasteiger charge is 2.27. The fourth-order valence-corrected chi connectivity index (χ4v) is 3.43. The predicted molar refractivity (Wildman–Crippen MR) is 102 cm³/mol. The molecule has 1 aliphatic heterocycles. The number of para-hydroxylation sites is 1. The lowest BCUT2D eigenvalue weighted by Crippen LogP contribution is -2.41. The predicted octanol–water partition coefficient (Wildman–Crippen LogP) is 2.33. The number of aromatic nitrogens is 4. The molecule has 0 unspecified atom stereocenters. The van der Waals surface area contributed by atoms with Gasteiger partial charge in [0.1, 0.15) is 5.82 Å². The normalized spacial score (nSPS) is 14.8. The Morgan fingerprint density at radius 2 is 1.79 bits per heavy atom. The molecule has 1 fully saturated rings. The first-order valence-electron chi connectivity index (χ1n) is 9.32. The van der Waals surface area contributed by atoms with E-state index in [1.807, 2.05) is 30.3 Å². The van der Waals surface area contributed by atoms with Gasteiger partial charge in [0.25, 0.3) is 0 Å². The van der Waals surface area contributed by atoms with Crippen LogP contribution in [0.25, 0.3) is 5.69 Å². The van der Waals surface area contributed by atoms with Crippen LogP contribution in [-0.2, 0) is 11.3 Å². The fraction of sp³-hybridized carbons (Fsp3) is 0.300. The largest absolute Gasteiger partial charge is 0.352 e. The van der Waals surface area contributed by atoms with Crippen molar-refractivity contribution in [2.45, 2.75) is 19.4 Å². The third-order valence-corrected chi connectivity index (χ3v) is 5.01. The summed E-state index contributed by atoms with van der Waals surface area (Å²) >= 11 is 0. The summed E-state index contributed by atoms with van der Waals surface area (Å²) in [5, 5.41) is 14.9. The highest BCUT2D eigenvalue weighted by molar-refractivity contribution is 5.79. The summed E-state index contributed by atoms with van der Waals surface area (Å²) in [5.41, 5.74) is 1.39. The number of carbonyl (C=O) groups excluding carboxylic acids is 1. The molecule has 7 nitrogen and oxygen atoms in total. The smallest absolute Gasteiger partial charge is 0.250 e. The van der Waals surface area contributed by atoms with Crippen molar-refractivity contribution < 1.29 is 9.18 Å². The van der Waals surface area contributed by atoms with Gasteiger partial charge in [0.2, 0.25) is 11.9 Å². The number of piperidine rings is 1. The van der Waals surface area contributed by atoms with Gasteiger partial charge in [-0.2, -0.15) is 4.68 Å². The van der Waals surface area contributed by atoms with Crippen LogP contribution >= 0.6 is 0 Å². The summed E-state index contributed by atoms with van der Waals surface area (Å²) in [6.45, 7) is 1.58. The van der Waals surface area contributed by atoms with Crippen LogP contribution in [0.1, 0.15) is 18.4 Å². The number of benzene rings is 2. The number of tetrazole rings is 1. The summed E-state index contributed by atoms with van der Waals surface area (Å²) in [7, 11) is 0. The van der Waals surface area contributed by atoms with Crippen molar-refractivity contribution in [2.24, 2.45) is 5.92 Å². The average molecular weight is 380 g/mol. The van der Waals surface area contributed by atoms with Crippen molar-refractivity contribution >= 4 is 11.9 Å². The van der Waals surface area contributed by atoms with Crippen molar-refractivity contribution in [3.8, 4) is 5.69 Å². The lowest BCUT2D eigenvalue weighted by atomic mass is 9.96. The van der Waals surface area contributed by atoms with Gasteiger partial charge in [0.15, 0.2) is 0 Å². The Hall–Kier alpha value is -3.29. The molecule has 28 heavy (non-hydrogen) atoms. The molecule has 0 bridgehead atoms. The van der Waals surface area contributed by atoms with E-state index in [4.69, 9.17) is 0 Å². The lowest BCUT2D eigenvalue weighted by Gasteiger charge is -2.31. The van der Waals surface area contributed by atoms with Crippen molar-refractivity contribution in [1.82, 2.24) is 25.5 Å². The van der Waals surface area contributed by atoms with Gasteiger partial charge in [-0.3, -0.25) is 4.79 Å². The van der Waals surface area contributed by atoms with Gasteiger partial charge in [-0.05, 0) is 41.5 Å². The van der Waals surface area contributed by atoms with E-state index >= 15 is 0 Å². The second kappa shape index (κ2) is 8.16. The van der Waals surface area contributed by atoms with E-state index in [1.165, 1.54) is 6.07 Å². The third kappa shape index (κ3) is 3.85. The Balaban J connectivity index is 1.35. The third-order valence-electron chi connectivity index (χ3n) is 5.01. The zero-order chi connectivity index (χ0) is 19.3. The molecule has 1 N–H and O–H groups in total. The topological polar surface area (TPSA) is 75.9 Å². The minimum atomic E-state index is -0.301. The van der Waals surface area contributed by atoms with Crippen molar-refractivity contribution in [3.63, 3.8) is 0 Å². The maximum Gasteiger partial charge on any atom is 0.250 e. The molecule has 0 saturated carbocycles. The molecule has 144 valence electrons. The number of hydrogen-bond donors (Lipinski definition) is 1. The van der Waals surface area contributed by atoms with Gasteiger partial charge in [-0.15, -0.1) is 0 Å². The molecule has 1 aliphatic rings. The van der Waals surface area contributed by atoms with Crippen molar-refractivity contribution in [2.75, 3.05) is 18.0 Å². The van der Waals surface area contributed by atoms with Gasteiger partial charge in [0, 0.05) is 31.1 Å². The first kappa shape index (κ1) is 18.1. The summed E-state index contributed by atoms with van der Waals surface area (Å²) < 4.78 is 15.4. The fourth-order valence-electron chi connectivity index (χ4n) is 3.43. The van der Waals surface area contributed by atoms with Gasteiger partial charge < -0.3 is 10.2 Å². The molecule has 2 heterocycles. The Morgan fingerprint density at radius 3 is 2.54 bits per heavy atom. The van der Waals surface area contributed by atoms with Crippen LogP contribution in [0.15, 0.2) is 54.6 Å². The number of amides is 1. The first-order valence-corrected chi connectivity index (χ1v) is 9.32. The Morgan fingerprint density at radius 1 is 1.07 bits per heavy atom. The van der Waals surface area contributed by atoms with Gasteiger partial charge >= 0.3 is 0 Å². The van der Waals surface area contributed by atoms with Crippen LogP contribution in [0.4, 0.5) is 10.3 Å². The lowest BCUT2D eigenvalue weighted by molar-refractivity contribution is -0.125. The van der Waals surface area contributed by atoms with E-state index in [2.05, 4.69) is 25.7 Å². The zero-order valence-corrected chi connectivity index (χ0v) is 15.3. The monoisotopic (exact) mass is 380 g/mol. The molecule has 1 amide bonds. The number of halogens is 1. The van der Waals surface area contributed by atoms with Crippen LogP contribution in [0.2, 0.25) is 0 Å². The summed E-state index contributed by atoms with van der Waals surface area (Å²) in [6.07, 6.45) is 1.40. The van der Waals surface area contributed by atoms with E-state index in [0.29, 0.717) is 37.4 Å². The molecule has 0 radical (unpaired) electrons. The molecule has 0 atom stereocenters. The minimum absolute atomic E-state index is 0.0365. The van der Waals surface area contributed by atoms with Crippen molar-refractivity contribution in [3.05, 3.63) is 66.0 Å². The van der Waals surface area contributed by atoms with E-state index in [0.717, 1.165) is 5.69 Å². The van der Waals surface area contributed by atoms with Crippen LogP contribution in [-0.4, -0.2) is 39.2 Å². The number of anilines is 1. The number of carbonyl (C=O) groups is 1. The summed E-state index contributed by atoms with van der Waals surface area (Å²) in [4.78, 5) is 14.6. The van der Waals surface area contributed by atoms with E-state index in [1.54, 1.807) is 22.9 Å². The quantitative estimate of drug-likeness (QED) is 0.735. The molecular weight excluding hydrogens is 359 g/mol. The molecule has 0 aliphatic carbocycles. The molecular formula is C20H21FN6O.